The quantitative estimate of drug-likeness (QED) is 0.372. The van der Waals surface area contributed by atoms with Crippen molar-refractivity contribution in [2.24, 2.45) is 12.8 Å². The van der Waals surface area contributed by atoms with Gasteiger partial charge in [0, 0.05) is 18.7 Å². The molecule has 0 spiro atoms. The Labute approximate surface area is 209 Å². The summed E-state index contributed by atoms with van der Waals surface area (Å²) in [6, 6.07) is 9.30. The molecule has 3 aromatic rings. The molecule has 36 heavy (non-hydrogen) atoms. The minimum atomic E-state index is -0.771. The average Bonchev–Trinajstić information content (AvgIpc) is 3.79. The lowest BCUT2D eigenvalue weighted by atomic mass is 10.1. The molecule has 2 aliphatic carbocycles. The number of methoxy groups -OCH3 is 2. The number of carbonyl (C=O) groups excluding carboxylic acids is 2. The van der Waals surface area contributed by atoms with Gasteiger partial charge in [0.25, 0.3) is 5.91 Å². The van der Waals surface area contributed by atoms with E-state index in [1.165, 1.54) is 44.3 Å². The maximum atomic E-state index is 12.0. The third kappa shape index (κ3) is 4.83. The molecule has 0 radical (unpaired) electrons. The molecule has 2 aliphatic rings. The Kier molecular flexibility index (Phi) is 6.49. The fourth-order valence-electron chi connectivity index (χ4n) is 4.30. The predicted molar refractivity (Wildman–Crippen MR) is 138 cm³/mol. The number of nitrogens with two attached hydrogens (primary N) is 1. The smallest absolute Gasteiger partial charge is 0.412 e. The highest BCUT2D eigenvalue weighted by Gasteiger charge is 2.43. The van der Waals surface area contributed by atoms with Gasteiger partial charge in [-0.05, 0) is 63.1 Å². The molecule has 188 valence electrons. The van der Waals surface area contributed by atoms with Gasteiger partial charge in [0.2, 0.25) is 0 Å². The zero-order chi connectivity index (χ0) is 25.4. The molecule has 12 heteroatoms. The van der Waals surface area contributed by atoms with Crippen LogP contribution >= 0.6 is 7.92 Å². The summed E-state index contributed by atoms with van der Waals surface area (Å²) in [6.45, 7) is 0. The van der Waals surface area contributed by atoms with Gasteiger partial charge in [0.1, 0.15) is 0 Å². The lowest BCUT2D eigenvalue weighted by Gasteiger charge is -2.16. The largest absolute Gasteiger partial charge is 0.494 e. The standard InChI is InChI=1S/C24H28N7O4P/c1-31-20(36(13-7-8-13)14-9-10-14)12-17(30-31)15-5-4-6-16(22(15)34-2)26-18-11-19(27-24(33)35-3)28-29-21(18)23(25)32/h4-6,11-14H,7-10H2,1-3H3,(H2,25,32)(H2,26,27,28,33). The zero-order valence-corrected chi connectivity index (χ0v) is 21.2. The first-order valence-electron chi connectivity index (χ1n) is 11.7. The molecule has 2 aromatic heterocycles. The predicted octanol–water partition coefficient (Wildman–Crippen LogP) is 3.34. The molecule has 1 aromatic carbocycles. The third-order valence-corrected chi connectivity index (χ3v) is 9.76. The molecule has 11 nitrogen and oxygen atoms in total. The van der Waals surface area contributed by atoms with Crippen molar-refractivity contribution in [3.63, 3.8) is 0 Å². The number of rotatable bonds is 9. The van der Waals surface area contributed by atoms with Crippen molar-refractivity contribution in [3.8, 4) is 17.0 Å². The Morgan fingerprint density at radius 1 is 1.08 bits per heavy atom. The molecule has 2 amide bonds. The molecular weight excluding hydrogens is 481 g/mol. The molecular formula is C24H28N7O4P. The van der Waals surface area contributed by atoms with Gasteiger partial charge >= 0.3 is 6.09 Å². The van der Waals surface area contributed by atoms with Gasteiger partial charge in [0.05, 0.1) is 36.7 Å². The Morgan fingerprint density at radius 3 is 2.42 bits per heavy atom. The van der Waals surface area contributed by atoms with E-state index in [0.717, 1.165) is 22.6 Å². The Balaban J connectivity index is 1.50. The molecule has 2 fully saturated rings. The topological polar surface area (TPSA) is 146 Å². The van der Waals surface area contributed by atoms with Crippen molar-refractivity contribution in [3.05, 3.63) is 36.0 Å². The summed E-state index contributed by atoms with van der Waals surface area (Å²) in [5.41, 5.74) is 10.9. The van der Waals surface area contributed by atoms with Crippen LogP contribution in [0.1, 0.15) is 36.2 Å². The van der Waals surface area contributed by atoms with Crippen LogP contribution in [0.3, 0.4) is 0 Å². The molecule has 0 bridgehead atoms. The van der Waals surface area contributed by atoms with Gasteiger partial charge in [0.15, 0.2) is 17.3 Å². The van der Waals surface area contributed by atoms with E-state index in [9.17, 15) is 9.59 Å². The molecule has 0 atom stereocenters. The number of ether oxygens (including phenoxy) is 2. The monoisotopic (exact) mass is 509 g/mol. The van der Waals surface area contributed by atoms with E-state index in [1.54, 1.807) is 7.11 Å². The van der Waals surface area contributed by atoms with Crippen molar-refractivity contribution in [2.75, 3.05) is 24.9 Å². The van der Waals surface area contributed by atoms with E-state index in [2.05, 4.69) is 31.6 Å². The number of amides is 2. The summed E-state index contributed by atoms with van der Waals surface area (Å²) in [6.07, 6.45) is 4.56. The van der Waals surface area contributed by atoms with Crippen molar-refractivity contribution in [1.29, 1.82) is 0 Å². The SMILES string of the molecule is COC(=O)Nc1cc(Nc2cccc(-c3cc(P(C4CC4)C4CC4)n(C)n3)c2OC)c(C(N)=O)nn1. The van der Waals surface area contributed by atoms with Crippen LogP contribution in [0.5, 0.6) is 5.75 Å². The van der Waals surface area contributed by atoms with Crippen LogP contribution in [-0.2, 0) is 11.8 Å². The summed E-state index contributed by atoms with van der Waals surface area (Å²) in [4.78, 5) is 23.6. The summed E-state index contributed by atoms with van der Waals surface area (Å²) < 4.78 is 12.4. The molecule has 4 N–H and O–H groups in total. The van der Waals surface area contributed by atoms with Crippen molar-refractivity contribution < 1.29 is 19.1 Å². The summed E-state index contributed by atoms with van der Waals surface area (Å²) >= 11 is 0. The first-order chi connectivity index (χ1) is 17.4. The second-order valence-corrected chi connectivity index (χ2v) is 11.6. The molecule has 0 aliphatic heterocycles. The van der Waals surface area contributed by atoms with Crippen LogP contribution in [0.15, 0.2) is 30.3 Å². The first kappa shape index (κ1) is 24.0. The van der Waals surface area contributed by atoms with Crippen LogP contribution in [0.4, 0.5) is 22.0 Å². The second kappa shape index (κ2) is 9.73. The molecule has 0 saturated heterocycles. The van der Waals surface area contributed by atoms with Crippen LogP contribution in [0, 0.1) is 0 Å². The maximum absolute atomic E-state index is 12.0. The Morgan fingerprint density at radius 2 is 1.81 bits per heavy atom. The fourth-order valence-corrected chi connectivity index (χ4v) is 7.70. The minimum Gasteiger partial charge on any atom is -0.494 e. The number of aryl methyl sites for hydroxylation is 1. The number of hydrogen-bond donors (Lipinski definition) is 3. The lowest BCUT2D eigenvalue weighted by molar-refractivity contribution is 0.0995. The molecule has 0 unspecified atom stereocenters. The number of para-hydroxylation sites is 1. The zero-order valence-electron chi connectivity index (χ0n) is 20.3. The number of nitrogens with one attached hydrogen (secondary N) is 2. The van der Waals surface area contributed by atoms with Gasteiger partial charge in [-0.2, -0.15) is 5.10 Å². The van der Waals surface area contributed by atoms with E-state index < -0.39 is 12.0 Å². The Hall–Kier alpha value is -3.72. The van der Waals surface area contributed by atoms with Crippen molar-refractivity contribution in [1.82, 2.24) is 20.0 Å². The number of primary amides is 1. The highest BCUT2D eigenvalue weighted by molar-refractivity contribution is 7.67. The number of benzene rings is 1. The summed E-state index contributed by atoms with van der Waals surface area (Å²) in [5, 5.41) is 18.1. The normalized spacial score (nSPS) is 15.0. The number of aromatic nitrogens is 4. The highest BCUT2D eigenvalue weighted by Crippen LogP contribution is 2.63. The van der Waals surface area contributed by atoms with Crippen LogP contribution < -0.4 is 26.5 Å². The maximum Gasteiger partial charge on any atom is 0.412 e. The van der Waals surface area contributed by atoms with Crippen LogP contribution in [-0.4, -0.2) is 57.5 Å². The number of anilines is 3. The van der Waals surface area contributed by atoms with Gasteiger partial charge in [-0.3, -0.25) is 14.8 Å². The minimum absolute atomic E-state index is 0.0856. The third-order valence-electron chi connectivity index (χ3n) is 6.21. The van der Waals surface area contributed by atoms with Crippen molar-refractivity contribution >= 4 is 42.5 Å². The summed E-state index contributed by atoms with van der Waals surface area (Å²) in [5.74, 6) is -0.126. The van der Waals surface area contributed by atoms with E-state index in [1.807, 2.05) is 29.9 Å². The van der Waals surface area contributed by atoms with Crippen LogP contribution in [0.2, 0.25) is 0 Å². The van der Waals surface area contributed by atoms with Gasteiger partial charge < -0.3 is 20.5 Å². The van der Waals surface area contributed by atoms with E-state index >= 15 is 0 Å². The van der Waals surface area contributed by atoms with Gasteiger partial charge in [-0.25, -0.2) is 4.79 Å². The van der Waals surface area contributed by atoms with E-state index in [-0.39, 0.29) is 25.1 Å². The average molecular weight is 510 g/mol. The molecule has 2 saturated carbocycles. The van der Waals surface area contributed by atoms with E-state index in [0.29, 0.717) is 11.4 Å². The molecule has 5 rings (SSSR count). The fraction of sp³-hybridized carbons (Fsp3) is 0.375. The van der Waals surface area contributed by atoms with Gasteiger partial charge in [-0.15, -0.1) is 10.2 Å². The molecule has 2 heterocycles. The lowest BCUT2D eigenvalue weighted by Crippen LogP contribution is -2.18. The second-order valence-electron chi connectivity index (χ2n) is 8.87. The number of hydrogen-bond acceptors (Lipinski definition) is 8. The van der Waals surface area contributed by atoms with E-state index in [4.69, 9.17) is 15.6 Å². The number of nitrogens with zero attached hydrogens (tertiary/aromatic N) is 4. The van der Waals surface area contributed by atoms with Crippen molar-refractivity contribution in [2.45, 2.75) is 37.0 Å². The first-order valence-corrected chi connectivity index (χ1v) is 13.2. The highest BCUT2D eigenvalue weighted by atomic mass is 31.1. The Bertz CT molecular complexity index is 1310. The number of carbonyl (C=O) groups is 2. The van der Waals surface area contributed by atoms with Gasteiger partial charge in [-0.1, -0.05) is 6.07 Å². The summed E-state index contributed by atoms with van der Waals surface area (Å²) in [7, 11) is 4.64. The van der Waals surface area contributed by atoms with Crippen LogP contribution in [0.25, 0.3) is 11.3 Å².